The van der Waals surface area contributed by atoms with E-state index in [0.29, 0.717) is 0 Å². The average Bonchev–Trinajstić information content (AvgIpc) is 2.32. The van der Waals surface area contributed by atoms with Crippen LogP contribution in [0.1, 0.15) is 19.3 Å². The highest BCUT2D eigenvalue weighted by Gasteiger charge is 2.03. The van der Waals surface area contributed by atoms with Gasteiger partial charge in [0.15, 0.2) is 0 Å². The van der Waals surface area contributed by atoms with E-state index < -0.39 is 17.9 Å². The number of esters is 2. The third kappa shape index (κ3) is 10.4. The van der Waals surface area contributed by atoms with Gasteiger partial charge in [0.2, 0.25) is 0 Å². The van der Waals surface area contributed by atoms with E-state index in [9.17, 15) is 14.4 Å². The average molecular weight is 256 g/mol. The Bertz CT molecular complexity index is 331. The minimum absolute atomic E-state index is 0.0531. The maximum Gasteiger partial charge on any atom is 0.330 e. The number of carboxylic acids is 1. The Balaban J connectivity index is 3.49. The van der Waals surface area contributed by atoms with E-state index in [4.69, 9.17) is 9.84 Å². The maximum atomic E-state index is 11.1. The van der Waals surface area contributed by atoms with Gasteiger partial charge in [-0.1, -0.05) is 6.58 Å². The zero-order chi connectivity index (χ0) is 13.8. The summed E-state index contributed by atoms with van der Waals surface area (Å²) in [6.45, 7) is 3.38. The molecule has 0 unspecified atom stereocenters. The Morgan fingerprint density at radius 2 is 1.67 bits per heavy atom. The predicted octanol–water partition coefficient (Wildman–Crippen LogP) is 1.07. The summed E-state index contributed by atoms with van der Waals surface area (Å²) in [5, 5.41) is 8.35. The second-order valence-corrected chi connectivity index (χ2v) is 3.24. The van der Waals surface area contributed by atoms with Crippen LogP contribution in [-0.4, -0.2) is 36.2 Å². The van der Waals surface area contributed by atoms with Crippen LogP contribution in [0.2, 0.25) is 0 Å². The fraction of sp³-hybridized carbons (Fsp3) is 0.417. The lowest BCUT2D eigenvalue weighted by molar-refractivity contribution is -0.143. The summed E-state index contributed by atoms with van der Waals surface area (Å²) in [7, 11) is 0. The molecule has 6 nitrogen and oxygen atoms in total. The monoisotopic (exact) mass is 256 g/mol. The second-order valence-electron chi connectivity index (χ2n) is 3.24. The number of carboxylic acid groups (broad SMARTS) is 1. The number of hydrogen-bond donors (Lipinski definition) is 1. The molecule has 18 heavy (non-hydrogen) atoms. The highest BCUT2D eigenvalue weighted by atomic mass is 16.5. The van der Waals surface area contributed by atoms with Crippen LogP contribution in [0.25, 0.3) is 0 Å². The third-order valence-electron chi connectivity index (χ3n) is 1.77. The SMILES string of the molecule is C=CC(=O)OC/C=C\COC(=O)CCCC(=O)O. The first-order chi connectivity index (χ1) is 8.56. The summed E-state index contributed by atoms with van der Waals surface area (Å²) in [5.74, 6) is -1.92. The number of ether oxygens (including phenoxy) is 2. The van der Waals surface area contributed by atoms with Crippen molar-refractivity contribution >= 4 is 17.9 Å². The van der Waals surface area contributed by atoms with Gasteiger partial charge in [0.1, 0.15) is 13.2 Å². The van der Waals surface area contributed by atoms with Gasteiger partial charge < -0.3 is 14.6 Å². The van der Waals surface area contributed by atoms with Crippen molar-refractivity contribution in [2.75, 3.05) is 13.2 Å². The predicted molar refractivity (Wildman–Crippen MR) is 62.7 cm³/mol. The van der Waals surface area contributed by atoms with Gasteiger partial charge in [-0.3, -0.25) is 9.59 Å². The van der Waals surface area contributed by atoms with Gasteiger partial charge in [-0.2, -0.15) is 0 Å². The van der Waals surface area contributed by atoms with Crippen molar-refractivity contribution in [3.8, 4) is 0 Å². The summed E-state index contributed by atoms with van der Waals surface area (Å²) < 4.78 is 9.42. The molecule has 0 aromatic heterocycles. The van der Waals surface area contributed by atoms with Crippen molar-refractivity contribution in [3.63, 3.8) is 0 Å². The van der Waals surface area contributed by atoms with Crippen LogP contribution in [0, 0.1) is 0 Å². The van der Waals surface area contributed by atoms with Crippen molar-refractivity contribution in [2.24, 2.45) is 0 Å². The van der Waals surface area contributed by atoms with Crippen LogP contribution in [0.3, 0.4) is 0 Å². The van der Waals surface area contributed by atoms with E-state index >= 15 is 0 Å². The van der Waals surface area contributed by atoms with E-state index in [2.05, 4.69) is 11.3 Å². The zero-order valence-electron chi connectivity index (χ0n) is 9.96. The number of rotatable bonds is 9. The summed E-state index contributed by atoms with van der Waals surface area (Å²) in [4.78, 5) is 31.9. The van der Waals surface area contributed by atoms with Crippen molar-refractivity contribution in [1.82, 2.24) is 0 Å². The zero-order valence-corrected chi connectivity index (χ0v) is 9.96. The molecular weight excluding hydrogens is 240 g/mol. The van der Waals surface area contributed by atoms with Crippen LogP contribution in [0.5, 0.6) is 0 Å². The molecule has 0 aliphatic rings. The first-order valence-electron chi connectivity index (χ1n) is 5.38. The normalized spacial score (nSPS) is 10.0. The molecule has 1 N–H and O–H groups in total. The van der Waals surface area contributed by atoms with Gasteiger partial charge >= 0.3 is 17.9 Å². The van der Waals surface area contributed by atoms with Crippen LogP contribution >= 0.6 is 0 Å². The van der Waals surface area contributed by atoms with Gasteiger partial charge in [0.25, 0.3) is 0 Å². The Labute approximate surface area is 105 Å². The standard InChI is InChI=1S/C12H16O6/c1-2-11(15)17-8-3-4-9-18-12(16)7-5-6-10(13)14/h2-4H,1,5-9H2,(H,13,14)/b4-3-. The van der Waals surface area contributed by atoms with E-state index in [1.807, 2.05) is 0 Å². The lowest BCUT2D eigenvalue weighted by Crippen LogP contribution is -2.06. The van der Waals surface area contributed by atoms with Gasteiger partial charge in [-0.25, -0.2) is 4.79 Å². The molecule has 0 bridgehead atoms. The molecule has 0 aliphatic carbocycles. The molecule has 0 aromatic rings. The van der Waals surface area contributed by atoms with Crippen LogP contribution in [0.4, 0.5) is 0 Å². The Hall–Kier alpha value is -2.11. The fourth-order valence-corrected chi connectivity index (χ4v) is 0.922. The Morgan fingerprint density at radius 3 is 2.22 bits per heavy atom. The second kappa shape index (κ2) is 10.1. The van der Waals surface area contributed by atoms with Crippen LogP contribution < -0.4 is 0 Å². The van der Waals surface area contributed by atoms with Crippen LogP contribution in [-0.2, 0) is 23.9 Å². The number of carbonyl (C=O) groups is 3. The van der Waals surface area contributed by atoms with Gasteiger partial charge in [-0.15, -0.1) is 0 Å². The molecule has 0 saturated heterocycles. The highest BCUT2D eigenvalue weighted by molar-refractivity contribution is 5.81. The van der Waals surface area contributed by atoms with E-state index in [-0.39, 0.29) is 32.5 Å². The molecule has 0 aromatic carbocycles. The van der Waals surface area contributed by atoms with Gasteiger partial charge in [-0.05, 0) is 18.6 Å². The van der Waals surface area contributed by atoms with E-state index in [1.165, 1.54) is 12.2 Å². The fourth-order valence-electron chi connectivity index (χ4n) is 0.922. The molecule has 0 atom stereocenters. The molecule has 0 amide bonds. The third-order valence-corrected chi connectivity index (χ3v) is 1.77. The van der Waals surface area contributed by atoms with Crippen LogP contribution in [0.15, 0.2) is 24.8 Å². The highest BCUT2D eigenvalue weighted by Crippen LogP contribution is 1.97. The molecule has 0 heterocycles. The molecule has 0 fully saturated rings. The quantitative estimate of drug-likeness (QED) is 0.377. The smallest absolute Gasteiger partial charge is 0.330 e. The van der Waals surface area contributed by atoms with Gasteiger partial charge in [0.05, 0.1) is 0 Å². The summed E-state index contributed by atoms with van der Waals surface area (Å²) in [6, 6.07) is 0. The minimum Gasteiger partial charge on any atom is -0.481 e. The van der Waals surface area contributed by atoms with Crippen molar-refractivity contribution in [2.45, 2.75) is 19.3 Å². The van der Waals surface area contributed by atoms with Crippen molar-refractivity contribution in [3.05, 3.63) is 24.8 Å². The number of hydrogen-bond acceptors (Lipinski definition) is 5. The molecule has 0 spiro atoms. The minimum atomic E-state index is -0.938. The van der Waals surface area contributed by atoms with Crippen molar-refractivity contribution in [1.29, 1.82) is 0 Å². The summed E-state index contributed by atoms with van der Waals surface area (Å²) in [6.07, 6.45) is 4.40. The van der Waals surface area contributed by atoms with Crippen molar-refractivity contribution < 1.29 is 29.0 Å². The lowest BCUT2D eigenvalue weighted by Gasteiger charge is -2.00. The first-order valence-corrected chi connectivity index (χ1v) is 5.38. The van der Waals surface area contributed by atoms with E-state index in [0.717, 1.165) is 6.08 Å². The molecule has 0 rings (SSSR count). The number of aliphatic carboxylic acids is 1. The molecule has 0 saturated carbocycles. The Kier molecular flexibility index (Phi) is 8.89. The number of carbonyl (C=O) groups excluding carboxylic acids is 2. The molecule has 6 heteroatoms. The largest absolute Gasteiger partial charge is 0.481 e. The molecule has 0 aliphatic heterocycles. The summed E-state index contributed by atoms with van der Waals surface area (Å²) >= 11 is 0. The van der Waals surface area contributed by atoms with Gasteiger partial charge in [0, 0.05) is 18.9 Å². The molecular formula is C12H16O6. The summed E-state index contributed by atoms with van der Waals surface area (Å²) in [5.41, 5.74) is 0. The van der Waals surface area contributed by atoms with E-state index in [1.54, 1.807) is 0 Å². The topological polar surface area (TPSA) is 89.9 Å². The Morgan fingerprint density at radius 1 is 1.06 bits per heavy atom. The molecule has 0 radical (unpaired) electrons. The molecule has 100 valence electrons. The maximum absolute atomic E-state index is 11.1. The lowest BCUT2D eigenvalue weighted by atomic mass is 10.2. The first kappa shape index (κ1) is 15.9.